The van der Waals surface area contributed by atoms with E-state index in [1.54, 1.807) is 25.4 Å². The van der Waals surface area contributed by atoms with E-state index >= 15 is 0 Å². The highest BCUT2D eigenvalue weighted by Crippen LogP contribution is 2.02. The lowest BCUT2D eigenvalue weighted by Gasteiger charge is -2.11. The molecule has 0 saturated carbocycles. The van der Waals surface area contributed by atoms with Crippen molar-refractivity contribution in [1.82, 2.24) is 30.5 Å². The maximum absolute atomic E-state index is 11.8. The zero-order chi connectivity index (χ0) is 17.5. The number of hydrogen-bond acceptors (Lipinski definition) is 5. The fraction of sp³-hybridized carbons (Fsp3) is 0.250. The summed E-state index contributed by atoms with van der Waals surface area (Å²) in [6, 6.07) is 9.28. The van der Waals surface area contributed by atoms with E-state index in [4.69, 9.17) is 4.42 Å². The topological polar surface area (TPSA) is 109 Å². The SMILES string of the molecule is CN=C(NCC(=O)NCc1ccco1)NCc1nnc2ccccn12. The molecule has 3 aromatic heterocycles. The summed E-state index contributed by atoms with van der Waals surface area (Å²) in [5.74, 6) is 1.79. The first kappa shape index (κ1) is 16.5. The molecule has 0 unspecified atom stereocenters. The molecule has 0 fully saturated rings. The van der Waals surface area contributed by atoms with Crippen LogP contribution in [0.15, 0.2) is 52.2 Å². The molecular weight excluding hydrogens is 322 g/mol. The Hall–Kier alpha value is -3.36. The van der Waals surface area contributed by atoms with Crippen LogP contribution in [-0.4, -0.2) is 40.1 Å². The molecule has 130 valence electrons. The number of carbonyl (C=O) groups is 1. The summed E-state index contributed by atoms with van der Waals surface area (Å²) in [6.07, 6.45) is 3.46. The molecule has 0 aliphatic heterocycles. The van der Waals surface area contributed by atoms with Gasteiger partial charge < -0.3 is 20.4 Å². The van der Waals surface area contributed by atoms with E-state index in [0.29, 0.717) is 24.8 Å². The molecule has 25 heavy (non-hydrogen) atoms. The largest absolute Gasteiger partial charge is 0.467 e. The van der Waals surface area contributed by atoms with Gasteiger partial charge in [0.25, 0.3) is 0 Å². The molecule has 9 nitrogen and oxygen atoms in total. The van der Waals surface area contributed by atoms with Crippen LogP contribution in [0.3, 0.4) is 0 Å². The molecule has 0 spiro atoms. The van der Waals surface area contributed by atoms with E-state index in [2.05, 4.69) is 31.1 Å². The number of nitrogens with zero attached hydrogens (tertiary/aromatic N) is 4. The lowest BCUT2D eigenvalue weighted by atomic mass is 10.4. The fourth-order valence-electron chi connectivity index (χ4n) is 2.22. The lowest BCUT2D eigenvalue weighted by Crippen LogP contribution is -2.42. The summed E-state index contributed by atoms with van der Waals surface area (Å²) in [4.78, 5) is 15.9. The van der Waals surface area contributed by atoms with Crippen molar-refractivity contribution in [1.29, 1.82) is 0 Å². The molecule has 0 bridgehead atoms. The molecule has 0 atom stereocenters. The van der Waals surface area contributed by atoms with Gasteiger partial charge in [-0.2, -0.15) is 0 Å². The Balaban J connectivity index is 1.45. The molecule has 0 aromatic carbocycles. The summed E-state index contributed by atoms with van der Waals surface area (Å²) in [7, 11) is 1.64. The highest BCUT2D eigenvalue weighted by molar-refractivity contribution is 5.86. The number of aromatic nitrogens is 3. The monoisotopic (exact) mass is 341 g/mol. The van der Waals surface area contributed by atoms with E-state index < -0.39 is 0 Å². The predicted molar refractivity (Wildman–Crippen MR) is 91.7 cm³/mol. The maximum atomic E-state index is 11.8. The normalized spacial score (nSPS) is 11.5. The molecule has 3 aromatic rings. The highest BCUT2D eigenvalue weighted by Gasteiger charge is 2.07. The standard InChI is InChI=1S/C16H19N7O2/c1-17-16(20-11-15(24)18-9-12-5-4-8-25-12)19-10-14-22-21-13-6-2-3-7-23(13)14/h2-8H,9-11H2,1H3,(H,18,24)(H2,17,19,20). The second-order valence-corrected chi connectivity index (χ2v) is 5.18. The van der Waals surface area contributed by atoms with E-state index in [9.17, 15) is 4.79 Å². The van der Waals surface area contributed by atoms with Crippen LogP contribution in [0.1, 0.15) is 11.6 Å². The van der Waals surface area contributed by atoms with Crippen molar-refractivity contribution in [2.75, 3.05) is 13.6 Å². The van der Waals surface area contributed by atoms with Crippen molar-refractivity contribution >= 4 is 17.5 Å². The molecule has 1 amide bonds. The number of aliphatic imine (C=N–C) groups is 1. The van der Waals surface area contributed by atoms with E-state index in [-0.39, 0.29) is 12.5 Å². The Bertz CT molecular complexity index is 854. The molecule has 0 aliphatic rings. The second-order valence-electron chi connectivity index (χ2n) is 5.18. The second kappa shape index (κ2) is 7.95. The van der Waals surface area contributed by atoms with Crippen LogP contribution in [0, 0.1) is 0 Å². The summed E-state index contributed by atoms with van der Waals surface area (Å²) in [5.41, 5.74) is 0.777. The van der Waals surface area contributed by atoms with Gasteiger partial charge in [0.05, 0.1) is 25.9 Å². The summed E-state index contributed by atoms with van der Waals surface area (Å²) in [6.45, 7) is 0.880. The van der Waals surface area contributed by atoms with Crippen molar-refractivity contribution in [3.63, 3.8) is 0 Å². The first-order valence-corrected chi connectivity index (χ1v) is 7.78. The number of fused-ring (bicyclic) bond motifs is 1. The van der Waals surface area contributed by atoms with Gasteiger partial charge in [0, 0.05) is 13.2 Å². The molecule has 3 N–H and O–H groups in total. The number of furan rings is 1. The van der Waals surface area contributed by atoms with Crippen LogP contribution in [0.5, 0.6) is 0 Å². The molecule has 3 rings (SSSR count). The molecular formula is C16H19N7O2. The van der Waals surface area contributed by atoms with Crippen LogP contribution >= 0.6 is 0 Å². The van der Waals surface area contributed by atoms with Gasteiger partial charge in [-0.05, 0) is 24.3 Å². The molecule has 0 radical (unpaired) electrons. The summed E-state index contributed by atoms with van der Waals surface area (Å²) < 4.78 is 7.04. The first-order valence-electron chi connectivity index (χ1n) is 7.78. The molecule has 9 heteroatoms. The summed E-state index contributed by atoms with van der Waals surface area (Å²) in [5, 5.41) is 17.0. The molecule has 3 heterocycles. The minimum atomic E-state index is -0.160. The average Bonchev–Trinajstić information content (AvgIpc) is 3.30. The first-order chi connectivity index (χ1) is 12.3. The minimum absolute atomic E-state index is 0.0982. The Kier molecular flexibility index (Phi) is 5.25. The van der Waals surface area contributed by atoms with Gasteiger partial charge in [-0.15, -0.1) is 10.2 Å². The highest BCUT2D eigenvalue weighted by atomic mass is 16.3. The van der Waals surface area contributed by atoms with Gasteiger partial charge in [0.15, 0.2) is 17.4 Å². The third-order valence-corrected chi connectivity index (χ3v) is 3.48. The van der Waals surface area contributed by atoms with E-state index in [0.717, 1.165) is 11.5 Å². The number of hydrogen-bond donors (Lipinski definition) is 3. The van der Waals surface area contributed by atoms with Crippen molar-refractivity contribution in [2.45, 2.75) is 13.1 Å². The van der Waals surface area contributed by atoms with Crippen LogP contribution in [0.25, 0.3) is 5.65 Å². The van der Waals surface area contributed by atoms with Crippen LogP contribution < -0.4 is 16.0 Å². The minimum Gasteiger partial charge on any atom is -0.467 e. The Morgan fingerprint density at radius 3 is 2.88 bits per heavy atom. The zero-order valence-electron chi connectivity index (χ0n) is 13.8. The van der Waals surface area contributed by atoms with Crippen LogP contribution in [0.4, 0.5) is 0 Å². The lowest BCUT2D eigenvalue weighted by molar-refractivity contribution is -0.120. The third-order valence-electron chi connectivity index (χ3n) is 3.48. The number of pyridine rings is 1. The third kappa shape index (κ3) is 4.34. The van der Waals surface area contributed by atoms with Crippen LogP contribution in [0.2, 0.25) is 0 Å². The molecule has 0 saturated heterocycles. The number of guanidine groups is 1. The van der Waals surface area contributed by atoms with Gasteiger partial charge in [-0.3, -0.25) is 14.2 Å². The van der Waals surface area contributed by atoms with E-state index in [1.807, 2.05) is 28.8 Å². The van der Waals surface area contributed by atoms with E-state index in [1.165, 1.54) is 0 Å². The van der Waals surface area contributed by atoms with Crippen molar-refractivity contribution in [3.8, 4) is 0 Å². The van der Waals surface area contributed by atoms with Gasteiger partial charge in [-0.25, -0.2) is 0 Å². The smallest absolute Gasteiger partial charge is 0.239 e. The van der Waals surface area contributed by atoms with Crippen molar-refractivity contribution in [2.24, 2.45) is 4.99 Å². The quantitative estimate of drug-likeness (QED) is 0.440. The number of rotatable bonds is 6. The van der Waals surface area contributed by atoms with Gasteiger partial charge in [0.1, 0.15) is 5.76 Å². The Labute approximate surface area is 144 Å². The zero-order valence-corrected chi connectivity index (χ0v) is 13.8. The van der Waals surface area contributed by atoms with Crippen molar-refractivity contribution in [3.05, 3.63) is 54.4 Å². The van der Waals surface area contributed by atoms with Gasteiger partial charge >= 0.3 is 0 Å². The predicted octanol–water partition coefficient (Wildman–Crippen LogP) is 0.304. The number of carbonyl (C=O) groups excluding carboxylic acids is 1. The van der Waals surface area contributed by atoms with Gasteiger partial charge in [0.2, 0.25) is 5.91 Å². The average molecular weight is 341 g/mol. The maximum Gasteiger partial charge on any atom is 0.239 e. The fourth-order valence-corrected chi connectivity index (χ4v) is 2.22. The number of nitrogens with one attached hydrogen (secondary N) is 3. The summed E-state index contributed by atoms with van der Waals surface area (Å²) >= 11 is 0. The van der Waals surface area contributed by atoms with Gasteiger partial charge in [-0.1, -0.05) is 6.07 Å². The Morgan fingerprint density at radius 2 is 2.08 bits per heavy atom. The number of amides is 1. The molecule has 0 aliphatic carbocycles. The van der Waals surface area contributed by atoms with Crippen molar-refractivity contribution < 1.29 is 9.21 Å². The van der Waals surface area contributed by atoms with Crippen LogP contribution in [-0.2, 0) is 17.9 Å². The Morgan fingerprint density at radius 1 is 1.16 bits per heavy atom.